The van der Waals surface area contributed by atoms with Gasteiger partial charge in [-0.3, -0.25) is 4.90 Å². The minimum absolute atomic E-state index is 0.858. The number of hydrogen-bond acceptors (Lipinski definition) is 4. The second-order valence-corrected chi connectivity index (χ2v) is 6.31. The van der Waals surface area contributed by atoms with Crippen LogP contribution in [0.15, 0.2) is 41.0 Å². The third-order valence-corrected chi connectivity index (χ3v) is 4.23. The zero-order chi connectivity index (χ0) is 14.7. The van der Waals surface area contributed by atoms with Crippen LogP contribution in [0.2, 0.25) is 0 Å². The van der Waals surface area contributed by atoms with Crippen LogP contribution in [-0.2, 0) is 6.54 Å². The third-order valence-electron chi connectivity index (χ3n) is 3.73. The van der Waals surface area contributed by atoms with Gasteiger partial charge < -0.3 is 4.90 Å². The molecule has 5 heteroatoms. The number of piperazine rings is 1. The maximum atomic E-state index is 4.51. The van der Waals surface area contributed by atoms with Crippen molar-refractivity contribution >= 4 is 21.9 Å². The van der Waals surface area contributed by atoms with Gasteiger partial charge in [0.15, 0.2) is 0 Å². The number of aromatic nitrogens is 2. The van der Waals surface area contributed by atoms with Gasteiger partial charge in [-0.25, -0.2) is 9.97 Å². The summed E-state index contributed by atoms with van der Waals surface area (Å²) in [5, 5.41) is 0. The summed E-state index contributed by atoms with van der Waals surface area (Å²) in [5.74, 6) is 0.858. The molecule has 0 spiro atoms. The van der Waals surface area contributed by atoms with Gasteiger partial charge in [0.25, 0.3) is 0 Å². The Morgan fingerprint density at radius 2 is 1.95 bits per heavy atom. The summed E-state index contributed by atoms with van der Waals surface area (Å²) in [7, 11) is 0. The average molecular weight is 347 g/mol. The molecule has 3 rings (SSSR count). The van der Waals surface area contributed by atoms with E-state index in [4.69, 9.17) is 0 Å². The first-order valence-electron chi connectivity index (χ1n) is 7.22. The van der Waals surface area contributed by atoms with E-state index in [1.807, 2.05) is 19.2 Å². The van der Waals surface area contributed by atoms with Gasteiger partial charge >= 0.3 is 0 Å². The van der Waals surface area contributed by atoms with Gasteiger partial charge in [-0.1, -0.05) is 28.1 Å². The van der Waals surface area contributed by atoms with Crippen LogP contribution < -0.4 is 4.90 Å². The number of aryl methyl sites for hydroxylation is 1. The monoisotopic (exact) mass is 346 g/mol. The molecule has 0 radical (unpaired) electrons. The molecule has 2 aromatic rings. The van der Waals surface area contributed by atoms with Gasteiger partial charge in [0.1, 0.15) is 0 Å². The van der Waals surface area contributed by atoms with E-state index in [1.54, 1.807) is 0 Å². The molecule has 0 N–H and O–H groups in total. The van der Waals surface area contributed by atoms with E-state index in [9.17, 15) is 0 Å². The maximum absolute atomic E-state index is 4.51. The molecule has 0 atom stereocenters. The predicted octanol–water partition coefficient (Wildman–Crippen LogP) is 2.87. The summed E-state index contributed by atoms with van der Waals surface area (Å²) in [6, 6.07) is 10.5. The highest BCUT2D eigenvalue weighted by Crippen LogP contribution is 2.16. The predicted molar refractivity (Wildman–Crippen MR) is 88.4 cm³/mol. The number of anilines is 1. The van der Waals surface area contributed by atoms with Gasteiger partial charge in [0.2, 0.25) is 5.95 Å². The van der Waals surface area contributed by atoms with Gasteiger partial charge in [0, 0.05) is 49.1 Å². The Balaban J connectivity index is 1.58. The first-order valence-corrected chi connectivity index (χ1v) is 8.01. The number of hydrogen-bond donors (Lipinski definition) is 0. The summed E-state index contributed by atoms with van der Waals surface area (Å²) in [4.78, 5) is 13.6. The Morgan fingerprint density at radius 3 is 2.67 bits per heavy atom. The lowest BCUT2D eigenvalue weighted by atomic mass is 10.2. The normalized spacial score (nSPS) is 16.2. The molecule has 1 aromatic heterocycles. The Morgan fingerprint density at radius 1 is 1.14 bits per heavy atom. The molecule has 2 heterocycles. The van der Waals surface area contributed by atoms with Gasteiger partial charge in [-0.2, -0.15) is 0 Å². The molecule has 0 aliphatic carbocycles. The fourth-order valence-electron chi connectivity index (χ4n) is 2.59. The Labute approximate surface area is 133 Å². The van der Waals surface area contributed by atoms with Crippen LogP contribution in [0.5, 0.6) is 0 Å². The Bertz CT molecular complexity index is 609. The van der Waals surface area contributed by atoms with Crippen LogP contribution in [-0.4, -0.2) is 41.0 Å². The average Bonchev–Trinajstić information content (AvgIpc) is 2.48. The molecule has 0 unspecified atom stereocenters. The zero-order valence-electron chi connectivity index (χ0n) is 12.2. The van der Waals surface area contributed by atoms with Crippen LogP contribution in [0.1, 0.15) is 11.3 Å². The minimum atomic E-state index is 0.858. The zero-order valence-corrected chi connectivity index (χ0v) is 13.8. The van der Waals surface area contributed by atoms with Crippen LogP contribution in [0, 0.1) is 6.92 Å². The Kier molecular flexibility index (Phi) is 4.51. The van der Waals surface area contributed by atoms with Crippen molar-refractivity contribution in [2.75, 3.05) is 31.1 Å². The molecule has 1 aliphatic heterocycles. The van der Waals surface area contributed by atoms with E-state index in [1.165, 1.54) is 5.56 Å². The molecule has 1 aromatic carbocycles. The second kappa shape index (κ2) is 6.54. The van der Waals surface area contributed by atoms with Crippen molar-refractivity contribution in [2.45, 2.75) is 13.5 Å². The molecular weight excluding hydrogens is 328 g/mol. The van der Waals surface area contributed by atoms with Crippen molar-refractivity contribution < 1.29 is 0 Å². The van der Waals surface area contributed by atoms with Crippen molar-refractivity contribution in [3.8, 4) is 0 Å². The lowest BCUT2D eigenvalue weighted by Crippen LogP contribution is -2.46. The number of rotatable bonds is 3. The molecule has 1 fully saturated rings. The van der Waals surface area contributed by atoms with E-state index >= 15 is 0 Å². The van der Waals surface area contributed by atoms with E-state index in [0.717, 1.165) is 48.8 Å². The lowest BCUT2D eigenvalue weighted by molar-refractivity contribution is 0.248. The Hall–Kier alpha value is -1.46. The maximum Gasteiger partial charge on any atom is 0.225 e. The topological polar surface area (TPSA) is 32.3 Å². The second-order valence-electron chi connectivity index (χ2n) is 5.39. The van der Waals surface area contributed by atoms with Crippen molar-refractivity contribution in [1.29, 1.82) is 0 Å². The molecule has 1 saturated heterocycles. The summed E-state index contributed by atoms with van der Waals surface area (Å²) in [6.07, 6.45) is 1.84. The van der Waals surface area contributed by atoms with Crippen molar-refractivity contribution in [2.24, 2.45) is 0 Å². The molecule has 0 amide bonds. The van der Waals surface area contributed by atoms with Gasteiger partial charge in [0.05, 0.1) is 0 Å². The molecule has 110 valence electrons. The van der Waals surface area contributed by atoms with Crippen molar-refractivity contribution in [1.82, 2.24) is 14.9 Å². The summed E-state index contributed by atoms with van der Waals surface area (Å²) in [5.41, 5.74) is 2.38. The number of halogens is 1. The van der Waals surface area contributed by atoms with E-state index < -0.39 is 0 Å². The molecule has 4 nitrogen and oxygen atoms in total. The van der Waals surface area contributed by atoms with Crippen molar-refractivity contribution in [3.05, 3.63) is 52.3 Å². The van der Waals surface area contributed by atoms with E-state index in [-0.39, 0.29) is 0 Å². The van der Waals surface area contributed by atoms with Crippen LogP contribution in [0.25, 0.3) is 0 Å². The molecule has 21 heavy (non-hydrogen) atoms. The number of nitrogens with zero attached hydrogens (tertiary/aromatic N) is 4. The fraction of sp³-hybridized carbons (Fsp3) is 0.375. The van der Waals surface area contributed by atoms with Crippen LogP contribution in [0.4, 0.5) is 5.95 Å². The fourth-order valence-corrected chi connectivity index (χ4v) is 3.03. The highest BCUT2D eigenvalue weighted by atomic mass is 79.9. The van der Waals surface area contributed by atoms with Crippen molar-refractivity contribution in [3.63, 3.8) is 0 Å². The van der Waals surface area contributed by atoms with Gasteiger partial charge in [-0.15, -0.1) is 0 Å². The van der Waals surface area contributed by atoms with E-state index in [2.05, 4.69) is 60.0 Å². The summed E-state index contributed by atoms with van der Waals surface area (Å²) in [6.45, 7) is 7.07. The van der Waals surface area contributed by atoms with E-state index in [0.29, 0.717) is 0 Å². The van der Waals surface area contributed by atoms with Crippen LogP contribution in [0.3, 0.4) is 0 Å². The highest BCUT2D eigenvalue weighted by molar-refractivity contribution is 9.10. The number of benzene rings is 1. The first kappa shape index (κ1) is 14.5. The standard InChI is InChI=1S/C16H19BrN4/c1-13-5-6-18-16(19-13)21-9-7-20(8-10-21)12-14-3-2-4-15(17)11-14/h2-6,11H,7-10,12H2,1H3. The molecule has 0 saturated carbocycles. The summed E-state index contributed by atoms with van der Waals surface area (Å²) < 4.78 is 1.15. The van der Waals surface area contributed by atoms with Crippen LogP contribution >= 0.6 is 15.9 Å². The molecule has 1 aliphatic rings. The first-order chi connectivity index (χ1) is 10.2. The largest absolute Gasteiger partial charge is 0.338 e. The molecular formula is C16H19BrN4. The van der Waals surface area contributed by atoms with Gasteiger partial charge in [-0.05, 0) is 30.7 Å². The smallest absolute Gasteiger partial charge is 0.225 e. The third kappa shape index (κ3) is 3.80. The minimum Gasteiger partial charge on any atom is -0.338 e. The highest BCUT2D eigenvalue weighted by Gasteiger charge is 2.18. The summed E-state index contributed by atoms with van der Waals surface area (Å²) >= 11 is 3.53. The quantitative estimate of drug-likeness (QED) is 0.855. The lowest BCUT2D eigenvalue weighted by Gasteiger charge is -2.34. The SMILES string of the molecule is Cc1ccnc(N2CCN(Cc3cccc(Br)c3)CC2)n1. The molecule has 0 bridgehead atoms.